The van der Waals surface area contributed by atoms with Crippen molar-refractivity contribution < 1.29 is 5.11 Å². The van der Waals surface area contributed by atoms with Gasteiger partial charge >= 0.3 is 0 Å². The van der Waals surface area contributed by atoms with Crippen molar-refractivity contribution in [1.82, 2.24) is 4.90 Å². The molecule has 2 aliphatic rings. The van der Waals surface area contributed by atoms with Gasteiger partial charge in [0.25, 0.3) is 0 Å². The zero-order valence-corrected chi connectivity index (χ0v) is 12.5. The molecule has 0 amide bonds. The lowest BCUT2D eigenvalue weighted by Gasteiger charge is -2.46. The maximum Gasteiger partial charge on any atom is 0.0695 e. The van der Waals surface area contributed by atoms with Crippen molar-refractivity contribution >= 4 is 0 Å². The summed E-state index contributed by atoms with van der Waals surface area (Å²) < 4.78 is 0. The van der Waals surface area contributed by atoms with Crippen molar-refractivity contribution in [1.29, 1.82) is 0 Å². The molecule has 2 rings (SSSR count). The van der Waals surface area contributed by atoms with Crippen LogP contribution in [0.25, 0.3) is 0 Å². The summed E-state index contributed by atoms with van der Waals surface area (Å²) in [5.41, 5.74) is 0.439. The SMILES string of the molecule is CCC(C)(C)C1CCC(O)C(N2CCCCC2)C1. The lowest BCUT2D eigenvalue weighted by atomic mass is 9.67. The lowest BCUT2D eigenvalue weighted by molar-refractivity contribution is -0.0267. The normalized spacial score (nSPS) is 35.7. The van der Waals surface area contributed by atoms with Gasteiger partial charge in [0, 0.05) is 6.04 Å². The van der Waals surface area contributed by atoms with Crippen molar-refractivity contribution in [2.24, 2.45) is 11.3 Å². The molecule has 2 fully saturated rings. The quantitative estimate of drug-likeness (QED) is 0.833. The molecule has 106 valence electrons. The van der Waals surface area contributed by atoms with E-state index in [1.54, 1.807) is 0 Å². The summed E-state index contributed by atoms with van der Waals surface area (Å²) in [6, 6.07) is 0.440. The van der Waals surface area contributed by atoms with E-state index in [1.165, 1.54) is 51.6 Å². The van der Waals surface area contributed by atoms with Crippen molar-refractivity contribution in [3.05, 3.63) is 0 Å². The minimum atomic E-state index is -0.0768. The van der Waals surface area contributed by atoms with Gasteiger partial charge in [-0.05, 0) is 56.5 Å². The Hall–Kier alpha value is -0.0800. The van der Waals surface area contributed by atoms with Crippen molar-refractivity contribution in [3.63, 3.8) is 0 Å². The predicted molar refractivity (Wildman–Crippen MR) is 76.6 cm³/mol. The number of aliphatic hydroxyl groups is 1. The van der Waals surface area contributed by atoms with Crippen LogP contribution in [0.5, 0.6) is 0 Å². The highest BCUT2D eigenvalue weighted by molar-refractivity contribution is 4.92. The van der Waals surface area contributed by atoms with Crippen LogP contribution >= 0.6 is 0 Å². The Morgan fingerprint density at radius 3 is 2.39 bits per heavy atom. The molecule has 0 aromatic rings. The van der Waals surface area contributed by atoms with Crippen molar-refractivity contribution in [2.75, 3.05) is 13.1 Å². The molecule has 0 aromatic heterocycles. The molecule has 3 unspecified atom stereocenters. The Morgan fingerprint density at radius 2 is 1.78 bits per heavy atom. The summed E-state index contributed by atoms with van der Waals surface area (Å²) in [4.78, 5) is 2.58. The second-order valence-corrected chi connectivity index (χ2v) is 7.08. The molecule has 0 aromatic carbocycles. The summed E-state index contributed by atoms with van der Waals surface area (Å²) in [5.74, 6) is 0.790. The molecule has 1 N–H and O–H groups in total. The zero-order chi connectivity index (χ0) is 13.2. The first-order chi connectivity index (χ1) is 8.54. The molecule has 1 saturated heterocycles. The number of piperidine rings is 1. The van der Waals surface area contributed by atoms with Crippen LogP contribution < -0.4 is 0 Å². The number of aliphatic hydroxyl groups excluding tert-OH is 1. The van der Waals surface area contributed by atoms with Crippen LogP contribution in [0.1, 0.15) is 65.7 Å². The predicted octanol–water partition coefficient (Wildman–Crippen LogP) is 3.44. The third-order valence-corrected chi connectivity index (χ3v) is 5.66. The topological polar surface area (TPSA) is 23.5 Å². The summed E-state index contributed by atoms with van der Waals surface area (Å²) in [7, 11) is 0. The van der Waals surface area contributed by atoms with Crippen LogP contribution in [-0.2, 0) is 0 Å². The molecule has 0 radical (unpaired) electrons. The van der Waals surface area contributed by atoms with E-state index in [0.29, 0.717) is 11.5 Å². The Bertz CT molecular complexity index is 258. The van der Waals surface area contributed by atoms with Gasteiger partial charge in [-0.3, -0.25) is 4.90 Å². The summed E-state index contributed by atoms with van der Waals surface area (Å²) in [6.07, 6.45) is 8.63. The van der Waals surface area contributed by atoms with E-state index in [9.17, 15) is 5.11 Å². The molecule has 0 bridgehead atoms. The van der Waals surface area contributed by atoms with Gasteiger partial charge in [-0.2, -0.15) is 0 Å². The molecule has 18 heavy (non-hydrogen) atoms. The molecule has 1 heterocycles. The molecule has 1 saturated carbocycles. The first kappa shape index (κ1) is 14.3. The van der Waals surface area contributed by atoms with Crippen LogP contribution in [0.4, 0.5) is 0 Å². The van der Waals surface area contributed by atoms with E-state index >= 15 is 0 Å². The van der Waals surface area contributed by atoms with Gasteiger partial charge in [-0.1, -0.05) is 33.6 Å². The van der Waals surface area contributed by atoms with Crippen LogP contribution in [0.15, 0.2) is 0 Å². The van der Waals surface area contributed by atoms with Crippen molar-refractivity contribution in [2.45, 2.75) is 77.9 Å². The molecular formula is C16H31NO. The van der Waals surface area contributed by atoms with Crippen LogP contribution in [0.3, 0.4) is 0 Å². The molecule has 3 atom stereocenters. The average Bonchev–Trinajstić information content (AvgIpc) is 2.40. The Labute approximate surface area is 113 Å². The van der Waals surface area contributed by atoms with E-state index in [4.69, 9.17) is 0 Å². The Morgan fingerprint density at radius 1 is 1.11 bits per heavy atom. The number of nitrogens with zero attached hydrogens (tertiary/aromatic N) is 1. The van der Waals surface area contributed by atoms with E-state index in [0.717, 1.165) is 12.3 Å². The van der Waals surface area contributed by atoms with Crippen molar-refractivity contribution in [3.8, 4) is 0 Å². The largest absolute Gasteiger partial charge is 0.391 e. The molecule has 1 aliphatic heterocycles. The second kappa shape index (κ2) is 5.92. The fraction of sp³-hybridized carbons (Fsp3) is 1.00. The highest BCUT2D eigenvalue weighted by Crippen LogP contribution is 2.42. The fourth-order valence-electron chi connectivity index (χ4n) is 3.77. The lowest BCUT2D eigenvalue weighted by Crippen LogP contribution is -2.50. The summed E-state index contributed by atoms with van der Waals surface area (Å²) in [5, 5.41) is 10.3. The van der Waals surface area contributed by atoms with Gasteiger partial charge in [-0.15, -0.1) is 0 Å². The Balaban J connectivity index is 2.00. The number of rotatable bonds is 3. The molecule has 1 aliphatic carbocycles. The van der Waals surface area contributed by atoms with Gasteiger partial charge in [0.05, 0.1) is 6.10 Å². The molecule has 2 nitrogen and oxygen atoms in total. The van der Waals surface area contributed by atoms with E-state index in [-0.39, 0.29) is 6.10 Å². The maximum atomic E-state index is 10.3. The minimum Gasteiger partial charge on any atom is -0.391 e. The summed E-state index contributed by atoms with van der Waals surface area (Å²) in [6.45, 7) is 9.54. The standard InChI is InChI=1S/C16H31NO/c1-4-16(2,3)13-8-9-15(18)14(12-13)17-10-6-5-7-11-17/h13-15,18H,4-12H2,1-3H3. The second-order valence-electron chi connectivity index (χ2n) is 7.08. The molecule has 0 spiro atoms. The third-order valence-electron chi connectivity index (χ3n) is 5.66. The third kappa shape index (κ3) is 3.08. The number of hydrogen-bond donors (Lipinski definition) is 1. The maximum absolute atomic E-state index is 10.3. The van der Waals surface area contributed by atoms with E-state index in [2.05, 4.69) is 25.7 Å². The van der Waals surface area contributed by atoms with Crippen LogP contribution in [0, 0.1) is 11.3 Å². The first-order valence-electron chi connectivity index (χ1n) is 7.96. The van der Waals surface area contributed by atoms with E-state index in [1.807, 2.05) is 0 Å². The number of likely N-dealkylation sites (tertiary alicyclic amines) is 1. The van der Waals surface area contributed by atoms with Crippen LogP contribution in [-0.4, -0.2) is 35.2 Å². The monoisotopic (exact) mass is 253 g/mol. The smallest absolute Gasteiger partial charge is 0.0695 e. The molecular weight excluding hydrogens is 222 g/mol. The zero-order valence-electron chi connectivity index (χ0n) is 12.5. The highest BCUT2D eigenvalue weighted by atomic mass is 16.3. The van der Waals surface area contributed by atoms with Gasteiger partial charge < -0.3 is 5.11 Å². The Kier molecular flexibility index (Phi) is 4.71. The first-order valence-corrected chi connectivity index (χ1v) is 7.96. The summed E-state index contributed by atoms with van der Waals surface area (Å²) >= 11 is 0. The average molecular weight is 253 g/mol. The van der Waals surface area contributed by atoms with Gasteiger partial charge in [0.15, 0.2) is 0 Å². The van der Waals surface area contributed by atoms with E-state index < -0.39 is 0 Å². The van der Waals surface area contributed by atoms with Gasteiger partial charge in [-0.25, -0.2) is 0 Å². The van der Waals surface area contributed by atoms with Gasteiger partial charge in [0.2, 0.25) is 0 Å². The number of hydrogen-bond acceptors (Lipinski definition) is 2. The highest BCUT2D eigenvalue weighted by Gasteiger charge is 2.39. The minimum absolute atomic E-state index is 0.0768. The fourth-order valence-corrected chi connectivity index (χ4v) is 3.77. The van der Waals surface area contributed by atoms with Crippen LogP contribution in [0.2, 0.25) is 0 Å². The molecule has 2 heteroatoms. The van der Waals surface area contributed by atoms with Gasteiger partial charge in [0.1, 0.15) is 0 Å².